The van der Waals surface area contributed by atoms with E-state index in [1.54, 1.807) is 11.3 Å². The third-order valence-electron chi connectivity index (χ3n) is 7.63. The highest BCUT2D eigenvalue weighted by atomic mass is 35.5. The minimum atomic E-state index is 0.0194. The van der Waals surface area contributed by atoms with Crippen LogP contribution in [0.15, 0.2) is 60.6 Å². The SMILES string of the molecule is C=CC(=O)N1CC2(CCN(c3nc4cc(-c5scnc5C)ccc4c(-c4ccccc4Cl)c3C)C2)C1. The van der Waals surface area contributed by atoms with Gasteiger partial charge in [-0.3, -0.25) is 4.79 Å². The average molecular weight is 515 g/mol. The number of carbonyl (C=O) groups is 1. The van der Waals surface area contributed by atoms with E-state index in [1.165, 1.54) is 11.0 Å². The molecule has 0 aliphatic carbocycles. The fraction of sp³-hybridized carbons (Fsp3) is 0.276. The molecular formula is C29H27ClN4OS. The summed E-state index contributed by atoms with van der Waals surface area (Å²) in [6.07, 6.45) is 2.46. The van der Waals surface area contributed by atoms with Gasteiger partial charge in [0.1, 0.15) is 5.82 Å². The number of hydrogen-bond donors (Lipinski definition) is 0. The first-order valence-electron chi connectivity index (χ1n) is 12.2. The highest BCUT2D eigenvalue weighted by Gasteiger charge is 2.49. The summed E-state index contributed by atoms with van der Waals surface area (Å²) in [4.78, 5) is 27.2. The van der Waals surface area contributed by atoms with Crippen LogP contribution in [0.5, 0.6) is 0 Å². The van der Waals surface area contributed by atoms with Crippen LogP contribution in [-0.2, 0) is 4.79 Å². The van der Waals surface area contributed by atoms with Gasteiger partial charge in [-0.25, -0.2) is 9.97 Å². The molecule has 2 aliphatic heterocycles. The molecule has 0 unspecified atom stereocenters. The summed E-state index contributed by atoms with van der Waals surface area (Å²) >= 11 is 8.38. The number of rotatable bonds is 4. The molecule has 0 saturated carbocycles. The van der Waals surface area contributed by atoms with Crippen LogP contribution < -0.4 is 4.90 Å². The molecular weight excluding hydrogens is 488 g/mol. The van der Waals surface area contributed by atoms with Crippen LogP contribution in [0.4, 0.5) is 5.82 Å². The summed E-state index contributed by atoms with van der Waals surface area (Å²) in [5, 5.41) is 1.83. The lowest BCUT2D eigenvalue weighted by molar-refractivity contribution is -0.136. The van der Waals surface area contributed by atoms with Gasteiger partial charge in [-0.1, -0.05) is 48.5 Å². The smallest absolute Gasteiger partial charge is 0.245 e. The summed E-state index contributed by atoms with van der Waals surface area (Å²) < 4.78 is 0. The Morgan fingerprint density at radius 3 is 2.69 bits per heavy atom. The van der Waals surface area contributed by atoms with Gasteiger partial charge in [-0.15, -0.1) is 11.3 Å². The van der Waals surface area contributed by atoms with E-state index < -0.39 is 0 Å². The van der Waals surface area contributed by atoms with E-state index in [-0.39, 0.29) is 11.3 Å². The maximum absolute atomic E-state index is 12.0. The molecule has 2 aromatic heterocycles. The zero-order valence-electron chi connectivity index (χ0n) is 20.4. The minimum absolute atomic E-state index is 0.0194. The standard InChI is InChI=1S/C29H27ClN4OS/c1-4-25(35)34-15-29(16-34)11-12-33(14-29)28-18(2)26(21-7-5-6-8-23(21)30)22-10-9-20(13-24(22)32-28)27-19(3)31-17-36-27/h4-10,13,17H,1,11-12,14-16H2,2-3H3. The zero-order chi connectivity index (χ0) is 25.0. The van der Waals surface area contributed by atoms with Crippen molar-refractivity contribution in [3.63, 3.8) is 0 Å². The van der Waals surface area contributed by atoms with Crippen molar-refractivity contribution in [3.8, 4) is 21.6 Å². The van der Waals surface area contributed by atoms with E-state index in [0.717, 1.165) is 82.3 Å². The van der Waals surface area contributed by atoms with Gasteiger partial charge in [0, 0.05) is 53.1 Å². The number of nitrogens with zero attached hydrogens (tertiary/aromatic N) is 4. The number of hydrogen-bond acceptors (Lipinski definition) is 5. The molecule has 0 bridgehead atoms. The fourth-order valence-electron chi connectivity index (χ4n) is 5.81. The van der Waals surface area contributed by atoms with Crippen LogP contribution >= 0.6 is 22.9 Å². The average Bonchev–Trinajstić information content (AvgIpc) is 3.50. The van der Waals surface area contributed by atoms with Gasteiger partial charge < -0.3 is 9.80 Å². The van der Waals surface area contributed by atoms with Crippen molar-refractivity contribution in [2.45, 2.75) is 20.3 Å². The highest BCUT2D eigenvalue weighted by molar-refractivity contribution is 7.13. The molecule has 4 heterocycles. The molecule has 1 amide bonds. The molecule has 7 heteroatoms. The highest BCUT2D eigenvalue weighted by Crippen LogP contribution is 2.45. The summed E-state index contributed by atoms with van der Waals surface area (Å²) in [5.74, 6) is 1.02. The third-order valence-corrected chi connectivity index (χ3v) is 8.94. The number of benzene rings is 2. The number of carbonyl (C=O) groups excluding carboxylic acids is 1. The molecule has 2 fully saturated rings. The summed E-state index contributed by atoms with van der Waals surface area (Å²) in [6.45, 7) is 11.2. The van der Waals surface area contributed by atoms with Gasteiger partial charge in [0.25, 0.3) is 0 Å². The lowest BCUT2D eigenvalue weighted by Gasteiger charge is -2.47. The van der Waals surface area contributed by atoms with Crippen LogP contribution in [0.2, 0.25) is 5.02 Å². The number of aromatic nitrogens is 2. The predicted molar refractivity (Wildman–Crippen MR) is 149 cm³/mol. The molecule has 2 aromatic carbocycles. The molecule has 2 saturated heterocycles. The van der Waals surface area contributed by atoms with Gasteiger partial charge >= 0.3 is 0 Å². The second-order valence-electron chi connectivity index (χ2n) is 9.98. The van der Waals surface area contributed by atoms with Crippen LogP contribution in [0, 0.1) is 19.3 Å². The zero-order valence-corrected chi connectivity index (χ0v) is 22.0. The Morgan fingerprint density at radius 2 is 1.97 bits per heavy atom. The topological polar surface area (TPSA) is 49.3 Å². The Bertz CT molecular complexity index is 1520. The minimum Gasteiger partial charge on any atom is -0.356 e. The lowest BCUT2D eigenvalue weighted by Crippen LogP contribution is -2.59. The first-order chi connectivity index (χ1) is 17.4. The summed E-state index contributed by atoms with van der Waals surface area (Å²) in [7, 11) is 0. The third kappa shape index (κ3) is 3.71. The molecule has 6 rings (SSSR count). The van der Waals surface area contributed by atoms with E-state index in [1.807, 2.05) is 35.5 Å². The maximum Gasteiger partial charge on any atom is 0.245 e. The van der Waals surface area contributed by atoms with Crippen LogP contribution in [0.3, 0.4) is 0 Å². The second-order valence-corrected chi connectivity index (χ2v) is 11.2. The van der Waals surface area contributed by atoms with Gasteiger partial charge in [-0.05, 0) is 49.6 Å². The van der Waals surface area contributed by atoms with Crippen molar-refractivity contribution in [1.29, 1.82) is 0 Å². The van der Waals surface area contributed by atoms with Crippen LogP contribution in [0.1, 0.15) is 17.7 Å². The van der Waals surface area contributed by atoms with Gasteiger partial charge in [0.2, 0.25) is 5.91 Å². The molecule has 0 radical (unpaired) electrons. The lowest BCUT2D eigenvalue weighted by atomic mass is 9.79. The summed E-state index contributed by atoms with van der Waals surface area (Å²) in [5.41, 5.74) is 8.42. The maximum atomic E-state index is 12.0. The quantitative estimate of drug-likeness (QED) is 0.291. The first-order valence-corrected chi connectivity index (χ1v) is 13.4. The Kier molecular flexibility index (Phi) is 5.61. The monoisotopic (exact) mass is 514 g/mol. The molecule has 4 aromatic rings. The van der Waals surface area contributed by atoms with Crippen molar-refractivity contribution in [2.24, 2.45) is 5.41 Å². The van der Waals surface area contributed by atoms with Gasteiger partial charge in [0.05, 0.1) is 21.6 Å². The largest absolute Gasteiger partial charge is 0.356 e. The van der Waals surface area contributed by atoms with Gasteiger partial charge in [-0.2, -0.15) is 0 Å². The molecule has 182 valence electrons. The van der Waals surface area contributed by atoms with E-state index in [4.69, 9.17) is 16.6 Å². The Balaban J connectivity index is 1.47. The number of likely N-dealkylation sites (tertiary alicyclic amines) is 1. The molecule has 1 spiro atoms. The normalized spacial score (nSPS) is 16.5. The number of halogens is 1. The Labute approximate surface area is 220 Å². The van der Waals surface area contributed by atoms with Crippen LogP contribution in [0.25, 0.3) is 32.5 Å². The number of fused-ring (bicyclic) bond motifs is 1. The molecule has 0 atom stereocenters. The fourth-order valence-corrected chi connectivity index (χ4v) is 6.84. The van der Waals surface area contributed by atoms with Crippen molar-refractivity contribution in [2.75, 3.05) is 31.1 Å². The number of thiazole rings is 1. The molecule has 2 aliphatic rings. The Hall–Kier alpha value is -3.22. The van der Waals surface area contributed by atoms with E-state index in [0.29, 0.717) is 0 Å². The van der Waals surface area contributed by atoms with E-state index >= 15 is 0 Å². The first kappa shape index (κ1) is 23.2. The van der Waals surface area contributed by atoms with Crippen molar-refractivity contribution in [1.82, 2.24) is 14.9 Å². The van der Waals surface area contributed by atoms with Crippen molar-refractivity contribution >= 4 is 45.6 Å². The second kappa shape index (κ2) is 8.71. The number of aryl methyl sites for hydroxylation is 1. The number of anilines is 1. The van der Waals surface area contributed by atoms with Crippen LogP contribution in [-0.4, -0.2) is 47.0 Å². The van der Waals surface area contributed by atoms with Gasteiger partial charge in [0.15, 0.2) is 0 Å². The van der Waals surface area contributed by atoms with E-state index in [2.05, 4.69) is 47.7 Å². The number of amides is 1. The number of pyridine rings is 1. The molecule has 0 N–H and O–H groups in total. The van der Waals surface area contributed by atoms with E-state index in [9.17, 15) is 4.79 Å². The summed E-state index contributed by atoms with van der Waals surface area (Å²) in [6, 6.07) is 14.5. The predicted octanol–water partition coefficient (Wildman–Crippen LogP) is 6.52. The molecule has 5 nitrogen and oxygen atoms in total. The van der Waals surface area contributed by atoms with Crippen molar-refractivity contribution in [3.05, 3.63) is 76.9 Å². The van der Waals surface area contributed by atoms with Crippen molar-refractivity contribution < 1.29 is 4.79 Å². The Morgan fingerprint density at radius 1 is 1.17 bits per heavy atom. The molecule has 36 heavy (non-hydrogen) atoms.